The monoisotopic (exact) mass is 390 g/mol. The molecule has 2 aromatic rings. The van der Waals surface area contributed by atoms with E-state index in [1.807, 2.05) is 31.2 Å². The molecule has 0 aliphatic heterocycles. The Balaban J connectivity index is 0.00000261. The SMILES string of the molecule is COc1cccc(CNC(=O)c2cc(N)ccc2C)c1OC1CCCC1.Cl. The van der Waals surface area contributed by atoms with E-state index < -0.39 is 0 Å². The molecule has 6 heteroatoms. The largest absolute Gasteiger partial charge is 0.493 e. The molecular formula is C21H27ClN2O3. The number of ether oxygens (including phenoxy) is 2. The van der Waals surface area contributed by atoms with Gasteiger partial charge in [0, 0.05) is 23.4 Å². The minimum atomic E-state index is -0.149. The molecule has 5 nitrogen and oxygen atoms in total. The van der Waals surface area contributed by atoms with Gasteiger partial charge in [0.05, 0.1) is 13.2 Å². The molecule has 1 saturated carbocycles. The molecule has 0 radical (unpaired) electrons. The first kappa shape index (κ1) is 20.9. The van der Waals surface area contributed by atoms with Gasteiger partial charge >= 0.3 is 0 Å². The first-order valence-electron chi connectivity index (χ1n) is 9.05. The van der Waals surface area contributed by atoms with Crippen LogP contribution in [-0.4, -0.2) is 19.1 Å². The summed E-state index contributed by atoms with van der Waals surface area (Å²) in [4.78, 5) is 12.6. The third-order valence-corrected chi connectivity index (χ3v) is 4.81. The molecule has 1 fully saturated rings. The fourth-order valence-electron chi connectivity index (χ4n) is 3.32. The van der Waals surface area contributed by atoms with Crippen molar-refractivity contribution in [3.63, 3.8) is 0 Å². The quantitative estimate of drug-likeness (QED) is 0.723. The van der Waals surface area contributed by atoms with Crippen molar-refractivity contribution in [1.29, 1.82) is 0 Å². The van der Waals surface area contributed by atoms with E-state index in [9.17, 15) is 4.79 Å². The lowest BCUT2D eigenvalue weighted by atomic mass is 10.1. The van der Waals surface area contributed by atoms with Crippen molar-refractivity contribution in [2.75, 3.05) is 12.8 Å². The standard InChI is InChI=1S/C21H26N2O3.ClH/c1-14-10-11-16(22)12-18(14)21(24)23-13-15-6-5-9-19(25-2)20(15)26-17-7-3-4-8-17;/h5-6,9-12,17H,3-4,7-8,13,22H2,1-2H3,(H,23,24);1H. The van der Waals surface area contributed by atoms with E-state index in [2.05, 4.69) is 5.32 Å². The van der Waals surface area contributed by atoms with Gasteiger partial charge in [0.2, 0.25) is 0 Å². The van der Waals surface area contributed by atoms with Gasteiger partial charge in [0.15, 0.2) is 11.5 Å². The number of amides is 1. The van der Waals surface area contributed by atoms with E-state index in [4.69, 9.17) is 15.2 Å². The number of hydrogen-bond donors (Lipinski definition) is 2. The number of rotatable bonds is 6. The molecule has 3 rings (SSSR count). The summed E-state index contributed by atoms with van der Waals surface area (Å²) < 4.78 is 11.7. The van der Waals surface area contributed by atoms with Crippen LogP contribution in [0.15, 0.2) is 36.4 Å². The third-order valence-electron chi connectivity index (χ3n) is 4.81. The summed E-state index contributed by atoms with van der Waals surface area (Å²) in [5.41, 5.74) is 8.78. The minimum absolute atomic E-state index is 0. The Hall–Kier alpha value is -2.40. The van der Waals surface area contributed by atoms with Crippen LogP contribution in [0.4, 0.5) is 5.69 Å². The van der Waals surface area contributed by atoms with Crippen LogP contribution >= 0.6 is 12.4 Å². The molecule has 1 amide bonds. The summed E-state index contributed by atoms with van der Waals surface area (Å²) in [7, 11) is 1.63. The second-order valence-electron chi connectivity index (χ2n) is 6.73. The number of nitrogens with one attached hydrogen (secondary N) is 1. The molecule has 2 aromatic carbocycles. The Bertz CT molecular complexity index is 789. The average molecular weight is 391 g/mol. The number of nitrogens with two attached hydrogens (primary N) is 1. The number of hydrogen-bond acceptors (Lipinski definition) is 4. The van der Waals surface area contributed by atoms with Crippen molar-refractivity contribution in [3.8, 4) is 11.5 Å². The normalized spacial score (nSPS) is 13.7. The maximum atomic E-state index is 12.6. The molecule has 27 heavy (non-hydrogen) atoms. The zero-order valence-electron chi connectivity index (χ0n) is 15.8. The van der Waals surface area contributed by atoms with Gasteiger partial charge in [-0.25, -0.2) is 0 Å². The Morgan fingerprint density at radius 3 is 2.67 bits per heavy atom. The molecule has 1 aliphatic carbocycles. The van der Waals surface area contributed by atoms with Crippen LogP contribution in [-0.2, 0) is 6.54 Å². The highest BCUT2D eigenvalue weighted by atomic mass is 35.5. The first-order valence-corrected chi connectivity index (χ1v) is 9.05. The van der Waals surface area contributed by atoms with Gasteiger partial charge in [-0.15, -0.1) is 12.4 Å². The Kier molecular flexibility index (Phi) is 7.36. The lowest BCUT2D eigenvalue weighted by molar-refractivity contribution is 0.0949. The number of methoxy groups -OCH3 is 1. The van der Waals surface area contributed by atoms with Gasteiger partial charge < -0.3 is 20.5 Å². The molecule has 146 valence electrons. The summed E-state index contributed by atoms with van der Waals surface area (Å²) in [6, 6.07) is 11.1. The first-order chi connectivity index (χ1) is 12.6. The molecule has 0 unspecified atom stereocenters. The van der Waals surface area contributed by atoms with Gasteiger partial charge in [-0.3, -0.25) is 4.79 Å². The molecule has 1 aliphatic rings. The van der Waals surface area contributed by atoms with Crippen LogP contribution in [0.5, 0.6) is 11.5 Å². The summed E-state index contributed by atoms with van der Waals surface area (Å²) in [5.74, 6) is 1.28. The molecule has 0 aromatic heterocycles. The fraction of sp³-hybridized carbons (Fsp3) is 0.381. The molecule has 0 atom stereocenters. The van der Waals surface area contributed by atoms with Gasteiger partial charge in [0.25, 0.3) is 5.91 Å². The van der Waals surface area contributed by atoms with Crippen molar-refractivity contribution >= 4 is 24.0 Å². The molecule has 0 spiro atoms. The second kappa shape index (κ2) is 9.51. The highest BCUT2D eigenvalue weighted by molar-refractivity contribution is 5.96. The van der Waals surface area contributed by atoms with E-state index in [1.54, 1.807) is 19.2 Å². The van der Waals surface area contributed by atoms with Crippen LogP contribution in [0.2, 0.25) is 0 Å². The van der Waals surface area contributed by atoms with E-state index in [0.29, 0.717) is 23.5 Å². The lowest BCUT2D eigenvalue weighted by Crippen LogP contribution is -2.24. The van der Waals surface area contributed by atoms with Crippen LogP contribution in [0, 0.1) is 6.92 Å². The molecule has 0 saturated heterocycles. The Morgan fingerprint density at radius 2 is 1.96 bits per heavy atom. The average Bonchev–Trinajstić information content (AvgIpc) is 3.15. The van der Waals surface area contributed by atoms with Crippen molar-refractivity contribution in [3.05, 3.63) is 53.1 Å². The predicted octanol–water partition coefficient (Wildman–Crippen LogP) is 4.26. The predicted molar refractivity (Wildman–Crippen MR) is 110 cm³/mol. The lowest BCUT2D eigenvalue weighted by Gasteiger charge is -2.19. The number of halogens is 1. The Morgan fingerprint density at radius 1 is 1.22 bits per heavy atom. The molecule has 0 heterocycles. The second-order valence-corrected chi connectivity index (χ2v) is 6.73. The molecule has 0 bridgehead atoms. The molecule has 3 N–H and O–H groups in total. The highest BCUT2D eigenvalue weighted by Gasteiger charge is 2.21. The number of carbonyl (C=O) groups is 1. The van der Waals surface area contributed by atoms with E-state index in [-0.39, 0.29) is 24.4 Å². The van der Waals surface area contributed by atoms with Crippen molar-refractivity contribution < 1.29 is 14.3 Å². The third kappa shape index (κ3) is 5.07. The van der Waals surface area contributed by atoms with Crippen LogP contribution in [0.1, 0.15) is 47.2 Å². The summed E-state index contributed by atoms with van der Waals surface area (Å²) in [6.07, 6.45) is 4.73. The topological polar surface area (TPSA) is 73.6 Å². The van der Waals surface area contributed by atoms with Crippen LogP contribution in [0.3, 0.4) is 0 Å². The summed E-state index contributed by atoms with van der Waals surface area (Å²) >= 11 is 0. The minimum Gasteiger partial charge on any atom is -0.493 e. The maximum absolute atomic E-state index is 12.6. The molecular weight excluding hydrogens is 364 g/mol. The summed E-state index contributed by atoms with van der Waals surface area (Å²) in [6.45, 7) is 2.26. The maximum Gasteiger partial charge on any atom is 0.251 e. The highest BCUT2D eigenvalue weighted by Crippen LogP contribution is 2.34. The van der Waals surface area contributed by atoms with Crippen molar-refractivity contribution in [1.82, 2.24) is 5.32 Å². The van der Waals surface area contributed by atoms with Gasteiger partial charge in [-0.2, -0.15) is 0 Å². The number of nitrogen functional groups attached to an aromatic ring is 1. The smallest absolute Gasteiger partial charge is 0.251 e. The van der Waals surface area contributed by atoms with E-state index >= 15 is 0 Å². The van der Waals surface area contributed by atoms with E-state index in [0.717, 1.165) is 29.7 Å². The number of para-hydroxylation sites is 1. The number of aryl methyl sites for hydroxylation is 1. The van der Waals surface area contributed by atoms with Crippen LogP contribution in [0.25, 0.3) is 0 Å². The van der Waals surface area contributed by atoms with Gasteiger partial charge in [0.1, 0.15) is 0 Å². The number of carbonyl (C=O) groups excluding carboxylic acids is 1. The zero-order chi connectivity index (χ0) is 18.5. The Labute approximate surface area is 166 Å². The van der Waals surface area contributed by atoms with Gasteiger partial charge in [-0.05, 0) is 56.4 Å². The number of benzene rings is 2. The fourth-order valence-corrected chi connectivity index (χ4v) is 3.32. The zero-order valence-corrected chi connectivity index (χ0v) is 16.6. The van der Waals surface area contributed by atoms with Crippen molar-refractivity contribution in [2.24, 2.45) is 0 Å². The van der Waals surface area contributed by atoms with Crippen molar-refractivity contribution in [2.45, 2.75) is 45.3 Å². The van der Waals surface area contributed by atoms with Crippen LogP contribution < -0.4 is 20.5 Å². The summed E-state index contributed by atoms with van der Waals surface area (Å²) in [5, 5.41) is 2.97. The number of anilines is 1. The van der Waals surface area contributed by atoms with Gasteiger partial charge in [-0.1, -0.05) is 18.2 Å². The van der Waals surface area contributed by atoms with E-state index in [1.165, 1.54) is 12.8 Å².